The fraction of sp³-hybridized carbons (Fsp3) is 0.500. The van der Waals surface area contributed by atoms with E-state index in [-0.39, 0.29) is 0 Å². The van der Waals surface area contributed by atoms with Gasteiger partial charge in [0.25, 0.3) is 0 Å². The van der Waals surface area contributed by atoms with Gasteiger partial charge in [-0.3, -0.25) is 0 Å². The van der Waals surface area contributed by atoms with Crippen LogP contribution in [0.1, 0.15) is 26.7 Å². The molecular formula is C14H20N2O2. The molecule has 4 heteroatoms. The summed E-state index contributed by atoms with van der Waals surface area (Å²) in [5.74, 6) is 1.43. The minimum absolute atomic E-state index is 0.396. The molecule has 0 saturated carbocycles. The Morgan fingerprint density at radius 2 is 1.78 bits per heavy atom. The van der Waals surface area contributed by atoms with Crippen LogP contribution in [0.3, 0.4) is 0 Å². The van der Waals surface area contributed by atoms with Gasteiger partial charge in [0.15, 0.2) is 11.5 Å². The van der Waals surface area contributed by atoms with Crippen molar-refractivity contribution in [2.45, 2.75) is 32.2 Å². The standard InChI is InChI=1S/C14H20N2O2/c1-3-9-17-12-6-4-5-7-13(12)18-10-8-14(2,16)11-15/h4-7H,3,8-10,16H2,1-2H3. The predicted octanol–water partition coefficient (Wildman–Crippen LogP) is 2.49. The SMILES string of the molecule is CCCOc1ccccc1OCCC(C)(N)C#N. The molecule has 0 aliphatic carbocycles. The third-order valence-corrected chi connectivity index (χ3v) is 2.45. The van der Waals surface area contributed by atoms with E-state index in [0.717, 1.165) is 12.2 Å². The molecule has 0 aromatic heterocycles. The Morgan fingerprint density at radius 1 is 1.22 bits per heavy atom. The molecule has 0 fully saturated rings. The normalized spacial score (nSPS) is 13.4. The lowest BCUT2D eigenvalue weighted by Crippen LogP contribution is -2.35. The first-order valence-electron chi connectivity index (χ1n) is 6.14. The van der Waals surface area contributed by atoms with Crippen LogP contribution < -0.4 is 15.2 Å². The van der Waals surface area contributed by atoms with Gasteiger partial charge in [-0.25, -0.2) is 0 Å². The highest BCUT2D eigenvalue weighted by Crippen LogP contribution is 2.26. The van der Waals surface area contributed by atoms with Gasteiger partial charge in [0.05, 0.1) is 19.3 Å². The summed E-state index contributed by atoms with van der Waals surface area (Å²) in [6.45, 7) is 4.80. The molecule has 0 saturated heterocycles. The van der Waals surface area contributed by atoms with Crippen LogP contribution in [0, 0.1) is 11.3 Å². The van der Waals surface area contributed by atoms with Gasteiger partial charge in [-0.05, 0) is 25.5 Å². The van der Waals surface area contributed by atoms with Crippen molar-refractivity contribution < 1.29 is 9.47 Å². The van der Waals surface area contributed by atoms with Crippen molar-refractivity contribution in [2.75, 3.05) is 13.2 Å². The Kier molecular flexibility index (Phi) is 5.47. The number of ether oxygens (including phenoxy) is 2. The molecule has 0 radical (unpaired) electrons. The van der Waals surface area contributed by atoms with E-state index < -0.39 is 5.54 Å². The molecule has 1 aromatic carbocycles. The zero-order chi connectivity index (χ0) is 13.4. The van der Waals surface area contributed by atoms with Crippen LogP contribution in [-0.2, 0) is 0 Å². The molecule has 0 heterocycles. The van der Waals surface area contributed by atoms with Crippen LogP contribution in [0.25, 0.3) is 0 Å². The van der Waals surface area contributed by atoms with Crippen molar-refractivity contribution in [3.63, 3.8) is 0 Å². The number of rotatable bonds is 7. The molecule has 2 N–H and O–H groups in total. The molecule has 1 atom stereocenters. The van der Waals surface area contributed by atoms with E-state index in [4.69, 9.17) is 20.5 Å². The van der Waals surface area contributed by atoms with Crippen LogP contribution in [0.4, 0.5) is 0 Å². The largest absolute Gasteiger partial charge is 0.490 e. The minimum Gasteiger partial charge on any atom is -0.490 e. The summed E-state index contributed by atoms with van der Waals surface area (Å²) in [4.78, 5) is 0. The minimum atomic E-state index is -0.848. The van der Waals surface area contributed by atoms with E-state index in [1.165, 1.54) is 0 Å². The Hall–Kier alpha value is -1.73. The smallest absolute Gasteiger partial charge is 0.161 e. The lowest BCUT2D eigenvalue weighted by atomic mass is 10.0. The third-order valence-electron chi connectivity index (χ3n) is 2.45. The van der Waals surface area contributed by atoms with Gasteiger partial charge in [-0.15, -0.1) is 0 Å². The Balaban J connectivity index is 2.54. The Bertz CT molecular complexity index is 411. The first kappa shape index (κ1) is 14.3. The van der Waals surface area contributed by atoms with Gasteiger partial charge in [-0.2, -0.15) is 5.26 Å². The fourth-order valence-corrected chi connectivity index (χ4v) is 1.33. The quantitative estimate of drug-likeness (QED) is 0.805. The number of nitriles is 1. The number of hydrogen-bond acceptors (Lipinski definition) is 4. The zero-order valence-corrected chi connectivity index (χ0v) is 11.0. The number of hydrogen-bond donors (Lipinski definition) is 1. The van der Waals surface area contributed by atoms with Crippen molar-refractivity contribution in [1.29, 1.82) is 5.26 Å². The molecule has 0 bridgehead atoms. The van der Waals surface area contributed by atoms with E-state index in [1.807, 2.05) is 30.3 Å². The molecule has 1 aromatic rings. The maximum Gasteiger partial charge on any atom is 0.161 e. The lowest BCUT2D eigenvalue weighted by molar-refractivity contribution is 0.254. The van der Waals surface area contributed by atoms with E-state index in [9.17, 15) is 0 Å². The van der Waals surface area contributed by atoms with Crippen LogP contribution in [0.5, 0.6) is 11.5 Å². The van der Waals surface area contributed by atoms with Gasteiger partial charge >= 0.3 is 0 Å². The second-order valence-corrected chi connectivity index (χ2v) is 4.42. The summed E-state index contributed by atoms with van der Waals surface area (Å²) < 4.78 is 11.2. The van der Waals surface area contributed by atoms with Crippen LogP contribution in [0.2, 0.25) is 0 Å². The van der Waals surface area contributed by atoms with Crippen molar-refractivity contribution in [3.8, 4) is 17.6 Å². The second kappa shape index (κ2) is 6.87. The highest BCUT2D eigenvalue weighted by atomic mass is 16.5. The van der Waals surface area contributed by atoms with Crippen molar-refractivity contribution in [2.24, 2.45) is 5.73 Å². The predicted molar refractivity (Wildman–Crippen MR) is 70.5 cm³/mol. The number of benzene rings is 1. The first-order valence-corrected chi connectivity index (χ1v) is 6.14. The summed E-state index contributed by atoms with van der Waals surface area (Å²) in [5.41, 5.74) is 4.88. The van der Waals surface area contributed by atoms with Gasteiger partial charge in [0.1, 0.15) is 5.54 Å². The maximum atomic E-state index is 8.81. The molecule has 0 aliphatic heterocycles. The van der Waals surface area contributed by atoms with Gasteiger partial charge in [0, 0.05) is 6.42 Å². The zero-order valence-electron chi connectivity index (χ0n) is 11.0. The average molecular weight is 248 g/mol. The number of nitrogens with two attached hydrogens (primary N) is 1. The monoisotopic (exact) mass is 248 g/mol. The summed E-state index contributed by atoms with van der Waals surface area (Å²) >= 11 is 0. The van der Waals surface area contributed by atoms with Crippen molar-refractivity contribution >= 4 is 0 Å². The van der Waals surface area contributed by atoms with Crippen molar-refractivity contribution in [3.05, 3.63) is 24.3 Å². The molecule has 18 heavy (non-hydrogen) atoms. The molecule has 98 valence electrons. The highest BCUT2D eigenvalue weighted by molar-refractivity contribution is 5.39. The van der Waals surface area contributed by atoms with Gasteiger partial charge < -0.3 is 15.2 Å². The van der Waals surface area contributed by atoms with Gasteiger partial charge in [0.2, 0.25) is 0 Å². The number of para-hydroxylation sites is 2. The van der Waals surface area contributed by atoms with Crippen molar-refractivity contribution in [1.82, 2.24) is 0 Å². The van der Waals surface area contributed by atoms with E-state index in [0.29, 0.717) is 25.4 Å². The molecular weight excluding hydrogens is 228 g/mol. The number of nitrogens with zero attached hydrogens (tertiary/aromatic N) is 1. The summed E-state index contributed by atoms with van der Waals surface area (Å²) in [7, 11) is 0. The van der Waals surface area contributed by atoms with E-state index in [1.54, 1.807) is 6.92 Å². The highest BCUT2D eigenvalue weighted by Gasteiger charge is 2.17. The Morgan fingerprint density at radius 3 is 2.28 bits per heavy atom. The van der Waals surface area contributed by atoms with Gasteiger partial charge in [-0.1, -0.05) is 19.1 Å². The molecule has 0 spiro atoms. The van der Waals surface area contributed by atoms with Crippen LogP contribution >= 0.6 is 0 Å². The van der Waals surface area contributed by atoms with Crippen LogP contribution in [0.15, 0.2) is 24.3 Å². The van der Waals surface area contributed by atoms with E-state index in [2.05, 4.69) is 6.92 Å². The summed E-state index contributed by atoms with van der Waals surface area (Å²) in [6, 6.07) is 9.56. The Labute approximate surface area is 108 Å². The second-order valence-electron chi connectivity index (χ2n) is 4.42. The maximum absolute atomic E-state index is 8.81. The fourth-order valence-electron chi connectivity index (χ4n) is 1.33. The summed E-state index contributed by atoms with van der Waals surface area (Å²) in [6.07, 6.45) is 1.43. The van der Waals surface area contributed by atoms with Crippen LogP contribution in [-0.4, -0.2) is 18.8 Å². The first-order chi connectivity index (χ1) is 8.59. The molecule has 1 rings (SSSR count). The summed E-state index contributed by atoms with van der Waals surface area (Å²) in [5, 5.41) is 8.81. The topological polar surface area (TPSA) is 68.3 Å². The van der Waals surface area contributed by atoms with E-state index >= 15 is 0 Å². The third kappa shape index (κ3) is 4.64. The molecule has 0 amide bonds. The molecule has 1 unspecified atom stereocenters. The average Bonchev–Trinajstić information content (AvgIpc) is 2.37. The molecule has 0 aliphatic rings. The lowest BCUT2D eigenvalue weighted by Gasteiger charge is -2.16. The molecule has 4 nitrogen and oxygen atoms in total.